The number of aliphatic hydroxyl groups excluding tert-OH is 6. The van der Waals surface area contributed by atoms with Gasteiger partial charge in [0.1, 0.15) is 70.9 Å². The summed E-state index contributed by atoms with van der Waals surface area (Å²) in [5.74, 6) is -1.97. The molecule has 2 saturated heterocycles. The molecule has 0 aliphatic carbocycles. The number of ether oxygens (including phenoxy) is 4. The van der Waals surface area contributed by atoms with E-state index in [2.05, 4.69) is 0 Å². The maximum absolute atomic E-state index is 13.5. The fourth-order valence-electron chi connectivity index (χ4n) is 4.79. The summed E-state index contributed by atoms with van der Waals surface area (Å²) < 4.78 is 28.0. The van der Waals surface area contributed by atoms with Gasteiger partial charge in [0.15, 0.2) is 12.1 Å². The van der Waals surface area contributed by atoms with E-state index in [9.17, 15) is 50.8 Å². The number of hydrogen-bond donors (Lipinski definition) is 9. The zero-order valence-electron chi connectivity index (χ0n) is 21.9. The predicted octanol–water partition coefficient (Wildman–Crippen LogP) is -1.39. The van der Waals surface area contributed by atoms with E-state index in [4.69, 9.17) is 23.4 Å². The molecule has 3 aromatic rings. The van der Waals surface area contributed by atoms with Gasteiger partial charge in [-0.05, 0) is 31.2 Å². The van der Waals surface area contributed by atoms with Gasteiger partial charge in [0, 0.05) is 17.7 Å². The Morgan fingerprint density at radius 3 is 2.10 bits per heavy atom. The molecule has 2 aromatic carbocycles. The smallest absolute Gasteiger partial charge is 0.239 e. The van der Waals surface area contributed by atoms with Gasteiger partial charge in [0.05, 0.1) is 12.7 Å². The van der Waals surface area contributed by atoms with Crippen molar-refractivity contribution in [2.45, 2.75) is 68.3 Å². The van der Waals surface area contributed by atoms with Crippen LogP contribution in [0.15, 0.2) is 45.6 Å². The fraction of sp³-hybridized carbons (Fsp3) is 0.444. The highest BCUT2D eigenvalue weighted by Gasteiger charge is 2.47. The molecule has 0 unspecified atom stereocenters. The van der Waals surface area contributed by atoms with Crippen LogP contribution in [0, 0.1) is 0 Å². The number of aliphatic hydroxyl groups is 6. The van der Waals surface area contributed by atoms with Crippen molar-refractivity contribution in [2.24, 2.45) is 0 Å². The molecule has 0 radical (unpaired) electrons. The molecule has 2 aliphatic rings. The number of phenolic OH excluding ortho intramolecular Hbond substituents is 3. The van der Waals surface area contributed by atoms with E-state index in [1.54, 1.807) is 0 Å². The number of rotatable bonds is 6. The summed E-state index contributed by atoms with van der Waals surface area (Å²) in [5.41, 5.74) is -0.956. The van der Waals surface area contributed by atoms with E-state index in [0.717, 1.165) is 12.1 Å². The van der Waals surface area contributed by atoms with Crippen molar-refractivity contribution in [1.29, 1.82) is 0 Å². The second-order valence-corrected chi connectivity index (χ2v) is 10.1. The van der Waals surface area contributed by atoms with Crippen molar-refractivity contribution in [2.75, 3.05) is 6.61 Å². The quantitative estimate of drug-likeness (QED) is 0.159. The first-order valence-electron chi connectivity index (χ1n) is 12.9. The van der Waals surface area contributed by atoms with Crippen LogP contribution >= 0.6 is 0 Å². The maximum atomic E-state index is 13.5. The van der Waals surface area contributed by atoms with Crippen LogP contribution in [-0.4, -0.2) is 114 Å². The largest absolute Gasteiger partial charge is 0.508 e. The molecular weight excluding hydrogens is 564 g/mol. The summed E-state index contributed by atoms with van der Waals surface area (Å²) >= 11 is 0. The molecule has 0 spiro atoms. The average Bonchev–Trinajstić information content (AvgIpc) is 2.95. The second-order valence-electron chi connectivity index (χ2n) is 10.1. The first kappa shape index (κ1) is 30.0. The predicted molar refractivity (Wildman–Crippen MR) is 139 cm³/mol. The lowest BCUT2D eigenvalue weighted by atomic mass is 9.98. The Morgan fingerprint density at radius 1 is 0.762 bits per heavy atom. The van der Waals surface area contributed by atoms with Crippen LogP contribution in [0.1, 0.15) is 6.92 Å². The Kier molecular flexibility index (Phi) is 8.30. The number of aromatic hydroxyl groups is 3. The summed E-state index contributed by atoms with van der Waals surface area (Å²) in [4.78, 5) is 13.5. The highest BCUT2D eigenvalue weighted by Crippen LogP contribution is 2.37. The molecule has 9 N–H and O–H groups in total. The molecule has 42 heavy (non-hydrogen) atoms. The van der Waals surface area contributed by atoms with E-state index >= 15 is 0 Å². The highest BCUT2D eigenvalue weighted by atomic mass is 16.7. The van der Waals surface area contributed by atoms with Crippen molar-refractivity contribution in [3.8, 4) is 34.3 Å². The minimum absolute atomic E-state index is 0.103. The lowest BCUT2D eigenvalue weighted by Gasteiger charge is -2.42. The highest BCUT2D eigenvalue weighted by molar-refractivity contribution is 5.88. The molecule has 1 aromatic heterocycles. The minimum atomic E-state index is -1.92. The Hall–Kier alpha value is -3.51. The summed E-state index contributed by atoms with van der Waals surface area (Å²) in [5, 5.41) is 91.4. The third kappa shape index (κ3) is 5.49. The lowest BCUT2D eigenvalue weighted by Crippen LogP contribution is -2.61. The molecule has 0 amide bonds. The first-order valence-corrected chi connectivity index (χ1v) is 12.9. The molecular formula is C27H30O15. The normalized spacial score (nSPS) is 33.5. The first-order chi connectivity index (χ1) is 19.9. The Bertz CT molecular complexity index is 1470. The summed E-state index contributed by atoms with van der Waals surface area (Å²) in [6.45, 7) is 0.866. The average molecular weight is 595 g/mol. The molecule has 15 heteroatoms. The standard InChI is InChI=1S/C27H30O15/c1-9-17(31)20(34)22(36)26(39-9)38-8-15-18(32)21(35)23(37)27(41-15)42-25-19(33)16-13(30)6-12(29)7-14(16)40-24(25)10-2-4-11(28)5-3-10/h2-7,9,15,17-18,20-23,26-32,34-37H,8H2,1H3/t9-,15+,17+,18+,20-,21-,22-,23+,26-,27-/m1/s1. The van der Waals surface area contributed by atoms with Crippen molar-refractivity contribution in [1.82, 2.24) is 0 Å². The van der Waals surface area contributed by atoms with Gasteiger partial charge in [0.25, 0.3) is 0 Å². The van der Waals surface area contributed by atoms with Gasteiger partial charge in [-0.2, -0.15) is 0 Å². The molecule has 0 saturated carbocycles. The van der Waals surface area contributed by atoms with Crippen LogP contribution in [0.5, 0.6) is 23.0 Å². The van der Waals surface area contributed by atoms with Crippen molar-refractivity contribution >= 4 is 11.0 Å². The van der Waals surface area contributed by atoms with Crippen LogP contribution in [0.3, 0.4) is 0 Å². The van der Waals surface area contributed by atoms with Gasteiger partial charge in [-0.1, -0.05) is 0 Å². The van der Waals surface area contributed by atoms with Gasteiger partial charge >= 0.3 is 0 Å². The van der Waals surface area contributed by atoms with Crippen LogP contribution in [0.25, 0.3) is 22.3 Å². The van der Waals surface area contributed by atoms with Crippen LogP contribution < -0.4 is 10.2 Å². The fourth-order valence-corrected chi connectivity index (χ4v) is 4.79. The van der Waals surface area contributed by atoms with E-state index in [0.29, 0.717) is 0 Å². The molecule has 5 rings (SSSR count). The Morgan fingerprint density at radius 2 is 1.40 bits per heavy atom. The topological polar surface area (TPSA) is 249 Å². The zero-order valence-corrected chi connectivity index (χ0v) is 21.9. The number of fused-ring (bicyclic) bond motifs is 1. The Labute approximate surface area is 236 Å². The van der Waals surface area contributed by atoms with Crippen molar-refractivity contribution < 1.29 is 69.3 Å². The molecule has 15 nitrogen and oxygen atoms in total. The Balaban J connectivity index is 1.46. The van der Waals surface area contributed by atoms with Gasteiger partial charge in [-0.25, -0.2) is 0 Å². The van der Waals surface area contributed by atoms with Gasteiger partial charge in [-0.15, -0.1) is 0 Å². The van der Waals surface area contributed by atoms with Crippen molar-refractivity contribution in [3.05, 3.63) is 46.6 Å². The van der Waals surface area contributed by atoms with Crippen LogP contribution in [0.4, 0.5) is 0 Å². The van der Waals surface area contributed by atoms with Gasteiger partial charge < -0.3 is 69.3 Å². The molecule has 2 fully saturated rings. The summed E-state index contributed by atoms with van der Waals surface area (Å²) in [6.07, 6.45) is -15.8. The van der Waals surface area contributed by atoms with E-state index < -0.39 is 90.7 Å². The van der Waals surface area contributed by atoms with Crippen LogP contribution in [0.2, 0.25) is 0 Å². The monoisotopic (exact) mass is 594 g/mol. The molecule has 10 atom stereocenters. The van der Waals surface area contributed by atoms with E-state index in [1.165, 1.54) is 31.2 Å². The summed E-state index contributed by atoms with van der Waals surface area (Å²) in [7, 11) is 0. The molecule has 2 aliphatic heterocycles. The second kappa shape index (κ2) is 11.6. The zero-order chi connectivity index (χ0) is 30.5. The van der Waals surface area contributed by atoms with Crippen LogP contribution in [-0.2, 0) is 14.2 Å². The maximum Gasteiger partial charge on any atom is 0.239 e. The van der Waals surface area contributed by atoms with Crippen molar-refractivity contribution in [3.63, 3.8) is 0 Å². The third-order valence-corrected chi connectivity index (χ3v) is 7.18. The molecule has 228 valence electrons. The number of benzene rings is 2. The molecule has 0 bridgehead atoms. The van der Waals surface area contributed by atoms with Gasteiger partial charge in [-0.3, -0.25) is 4.79 Å². The lowest BCUT2D eigenvalue weighted by molar-refractivity contribution is -0.318. The van der Waals surface area contributed by atoms with E-state index in [-0.39, 0.29) is 28.0 Å². The minimum Gasteiger partial charge on any atom is -0.508 e. The summed E-state index contributed by atoms with van der Waals surface area (Å²) in [6, 6.07) is 7.33. The number of hydrogen-bond acceptors (Lipinski definition) is 15. The molecule has 3 heterocycles. The van der Waals surface area contributed by atoms with E-state index in [1.807, 2.05) is 0 Å². The SMILES string of the molecule is C[C@H]1O[C@@H](OC[C@@H]2O[C@H](Oc3c(-c4ccc(O)cc4)oc4cc(O)cc(O)c4c3=O)[C@@H](O)[C@H](O)[C@H]2O)[C@H](O)[C@H](O)[C@H]1O. The van der Waals surface area contributed by atoms with Gasteiger partial charge in [0.2, 0.25) is 17.5 Å². The third-order valence-electron chi connectivity index (χ3n) is 7.18. The number of phenols is 3.